The maximum absolute atomic E-state index is 11.7. The Morgan fingerprint density at radius 2 is 1.68 bits per heavy atom. The van der Waals surface area contributed by atoms with Crippen LogP contribution in [0.2, 0.25) is 0 Å². The molecule has 0 aromatic rings. The molecule has 0 aromatic carbocycles. The Balaban J connectivity index is 1.96. The Labute approximate surface area is 133 Å². The summed E-state index contributed by atoms with van der Waals surface area (Å²) in [6.07, 6.45) is 14.3. The van der Waals surface area contributed by atoms with Crippen LogP contribution in [0, 0.1) is 0 Å². The van der Waals surface area contributed by atoms with Crippen LogP contribution in [0.15, 0.2) is 12.2 Å². The normalized spacial score (nSPS) is 20.4. The van der Waals surface area contributed by atoms with Crippen molar-refractivity contribution < 1.29 is 19.4 Å². The maximum atomic E-state index is 11.7. The molecule has 1 aliphatic rings. The van der Waals surface area contributed by atoms with Crippen molar-refractivity contribution in [3.63, 3.8) is 0 Å². The number of epoxide rings is 1. The van der Waals surface area contributed by atoms with Crippen LogP contribution in [0.3, 0.4) is 0 Å². The van der Waals surface area contributed by atoms with Crippen LogP contribution in [-0.2, 0) is 14.3 Å². The first-order chi connectivity index (χ1) is 10.6. The molecule has 0 aliphatic carbocycles. The summed E-state index contributed by atoms with van der Waals surface area (Å²) < 4.78 is 5.53. The van der Waals surface area contributed by atoms with Gasteiger partial charge in [0.15, 0.2) is 5.78 Å². The highest BCUT2D eigenvalue weighted by atomic mass is 16.6. The largest absolute Gasteiger partial charge is 0.481 e. The van der Waals surface area contributed by atoms with Gasteiger partial charge >= 0.3 is 5.97 Å². The van der Waals surface area contributed by atoms with Crippen LogP contribution in [0.1, 0.15) is 77.6 Å². The van der Waals surface area contributed by atoms with Crippen LogP contribution >= 0.6 is 0 Å². The zero-order chi connectivity index (χ0) is 16.2. The van der Waals surface area contributed by atoms with Gasteiger partial charge in [-0.1, -0.05) is 45.4 Å². The third-order valence-corrected chi connectivity index (χ3v) is 4.00. The minimum Gasteiger partial charge on any atom is -0.481 e. The van der Waals surface area contributed by atoms with Crippen LogP contribution in [0.25, 0.3) is 0 Å². The average Bonchev–Trinajstić information content (AvgIpc) is 3.23. The molecule has 4 nitrogen and oxygen atoms in total. The smallest absolute Gasteiger partial charge is 0.303 e. The molecule has 1 fully saturated rings. The average molecular weight is 310 g/mol. The molecular weight excluding hydrogens is 280 g/mol. The highest BCUT2D eigenvalue weighted by Gasteiger charge is 2.35. The van der Waals surface area contributed by atoms with E-state index in [2.05, 4.69) is 6.92 Å². The second-order valence-electron chi connectivity index (χ2n) is 6.12. The molecule has 22 heavy (non-hydrogen) atoms. The zero-order valence-electron chi connectivity index (χ0n) is 13.8. The first-order valence-corrected chi connectivity index (χ1v) is 8.71. The Morgan fingerprint density at radius 3 is 2.36 bits per heavy atom. The van der Waals surface area contributed by atoms with E-state index in [9.17, 15) is 9.59 Å². The van der Waals surface area contributed by atoms with E-state index >= 15 is 0 Å². The van der Waals surface area contributed by atoms with Gasteiger partial charge < -0.3 is 9.84 Å². The molecule has 1 saturated heterocycles. The Bertz CT molecular complexity index is 362. The minimum atomic E-state index is -0.743. The number of carboxylic acids is 1. The molecule has 0 amide bonds. The number of unbranched alkanes of at least 4 members (excludes halogenated alkanes) is 6. The first-order valence-electron chi connectivity index (χ1n) is 8.71. The van der Waals surface area contributed by atoms with Gasteiger partial charge in [-0.2, -0.15) is 0 Å². The van der Waals surface area contributed by atoms with Gasteiger partial charge in [0, 0.05) is 12.8 Å². The third-order valence-electron chi connectivity index (χ3n) is 4.00. The number of ether oxygens (including phenoxy) is 1. The Morgan fingerprint density at radius 1 is 1.00 bits per heavy atom. The summed E-state index contributed by atoms with van der Waals surface area (Å²) >= 11 is 0. The highest BCUT2D eigenvalue weighted by molar-refractivity contribution is 5.89. The van der Waals surface area contributed by atoms with E-state index in [0.29, 0.717) is 18.9 Å². The van der Waals surface area contributed by atoms with E-state index < -0.39 is 5.97 Å². The monoisotopic (exact) mass is 310 g/mol. The molecule has 1 rings (SSSR count). The molecule has 126 valence electrons. The van der Waals surface area contributed by atoms with E-state index in [1.54, 1.807) is 6.08 Å². The molecule has 0 unspecified atom stereocenters. The van der Waals surface area contributed by atoms with E-state index in [4.69, 9.17) is 9.84 Å². The predicted molar refractivity (Wildman–Crippen MR) is 86.9 cm³/mol. The van der Waals surface area contributed by atoms with Crippen molar-refractivity contribution in [2.24, 2.45) is 0 Å². The summed E-state index contributed by atoms with van der Waals surface area (Å²) in [5, 5.41) is 8.51. The predicted octanol–water partition coefficient (Wildman–Crippen LogP) is 4.27. The lowest BCUT2D eigenvalue weighted by Gasteiger charge is -1.97. The van der Waals surface area contributed by atoms with Gasteiger partial charge in [-0.15, -0.1) is 0 Å². The molecule has 0 radical (unpaired) electrons. The fourth-order valence-electron chi connectivity index (χ4n) is 2.54. The number of rotatable bonds is 14. The van der Waals surface area contributed by atoms with Crippen LogP contribution in [0.5, 0.6) is 0 Å². The number of ketones is 1. The van der Waals surface area contributed by atoms with Crippen molar-refractivity contribution in [1.82, 2.24) is 0 Å². The van der Waals surface area contributed by atoms with Crippen LogP contribution in [0.4, 0.5) is 0 Å². The van der Waals surface area contributed by atoms with Crippen molar-refractivity contribution in [2.75, 3.05) is 0 Å². The Hall–Kier alpha value is -1.16. The van der Waals surface area contributed by atoms with E-state index in [-0.39, 0.29) is 18.3 Å². The van der Waals surface area contributed by atoms with E-state index in [0.717, 1.165) is 25.7 Å². The van der Waals surface area contributed by atoms with Crippen molar-refractivity contribution >= 4 is 11.8 Å². The van der Waals surface area contributed by atoms with Gasteiger partial charge in [0.2, 0.25) is 0 Å². The molecule has 1 heterocycles. The second-order valence-corrected chi connectivity index (χ2v) is 6.12. The summed E-state index contributed by atoms with van der Waals surface area (Å²) in [6.45, 7) is 2.21. The molecule has 4 heteroatoms. The van der Waals surface area contributed by atoms with Gasteiger partial charge in [-0.05, 0) is 31.4 Å². The number of allylic oxidation sites excluding steroid dienone is 1. The zero-order valence-corrected chi connectivity index (χ0v) is 13.8. The summed E-state index contributed by atoms with van der Waals surface area (Å²) in [6, 6.07) is 0. The fourth-order valence-corrected chi connectivity index (χ4v) is 2.54. The molecule has 2 atom stereocenters. The lowest BCUT2D eigenvalue weighted by molar-refractivity contribution is -0.137. The molecule has 1 aliphatic heterocycles. The standard InChI is InChI=1S/C18H30O4/c1-2-3-4-8-11-16-17(22-16)14-13-15(19)10-7-5-6-9-12-18(20)21/h13-14,16-17H,2-12H2,1H3,(H,20,21)/b14-13+/t16-,17-/m1/s1. The summed E-state index contributed by atoms with van der Waals surface area (Å²) in [4.78, 5) is 22.0. The number of carbonyl (C=O) groups is 2. The molecular formula is C18H30O4. The molecule has 0 bridgehead atoms. The SMILES string of the molecule is CCCCCC[C@H]1O[C@@H]1/C=C/C(=O)CCCCCCC(=O)O. The summed E-state index contributed by atoms with van der Waals surface area (Å²) in [5.74, 6) is -0.592. The number of hydrogen-bond donors (Lipinski definition) is 1. The van der Waals surface area contributed by atoms with E-state index in [1.807, 2.05) is 6.08 Å². The molecule has 1 N–H and O–H groups in total. The van der Waals surface area contributed by atoms with Crippen molar-refractivity contribution in [3.05, 3.63) is 12.2 Å². The van der Waals surface area contributed by atoms with Crippen molar-refractivity contribution in [3.8, 4) is 0 Å². The van der Waals surface area contributed by atoms with Gasteiger partial charge in [0.05, 0.1) is 6.10 Å². The van der Waals surface area contributed by atoms with E-state index in [1.165, 1.54) is 25.7 Å². The number of carbonyl (C=O) groups excluding carboxylic acids is 1. The maximum Gasteiger partial charge on any atom is 0.303 e. The highest BCUT2D eigenvalue weighted by Crippen LogP contribution is 2.28. The lowest BCUT2D eigenvalue weighted by Crippen LogP contribution is -1.96. The van der Waals surface area contributed by atoms with Crippen LogP contribution < -0.4 is 0 Å². The first kappa shape index (κ1) is 18.9. The second kappa shape index (κ2) is 11.4. The van der Waals surface area contributed by atoms with Crippen molar-refractivity contribution in [1.29, 1.82) is 0 Å². The van der Waals surface area contributed by atoms with Gasteiger partial charge in [0.25, 0.3) is 0 Å². The lowest BCUT2D eigenvalue weighted by atomic mass is 10.1. The van der Waals surface area contributed by atoms with Gasteiger partial charge in [-0.3, -0.25) is 9.59 Å². The molecule has 0 spiro atoms. The minimum absolute atomic E-state index is 0.151. The topological polar surface area (TPSA) is 66.9 Å². The van der Waals surface area contributed by atoms with Gasteiger partial charge in [0.1, 0.15) is 6.10 Å². The quantitative estimate of drug-likeness (QED) is 0.295. The van der Waals surface area contributed by atoms with Crippen LogP contribution in [-0.4, -0.2) is 29.1 Å². The number of carboxylic acid groups (broad SMARTS) is 1. The fraction of sp³-hybridized carbons (Fsp3) is 0.778. The Kier molecular flexibility index (Phi) is 9.80. The third kappa shape index (κ3) is 9.72. The number of hydrogen-bond acceptors (Lipinski definition) is 3. The number of aliphatic carboxylic acids is 1. The van der Waals surface area contributed by atoms with Crippen molar-refractivity contribution in [2.45, 2.75) is 89.8 Å². The summed E-state index contributed by atoms with van der Waals surface area (Å²) in [7, 11) is 0. The van der Waals surface area contributed by atoms with Gasteiger partial charge in [-0.25, -0.2) is 0 Å². The summed E-state index contributed by atoms with van der Waals surface area (Å²) in [5.41, 5.74) is 0. The molecule has 0 saturated carbocycles. The molecule has 0 aromatic heterocycles.